The highest BCUT2D eigenvalue weighted by molar-refractivity contribution is 5.72. The highest BCUT2D eigenvalue weighted by atomic mass is 16.7. The Kier molecular flexibility index (Phi) is 7.96. The molecule has 0 radical (unpaired) electrons. The van der Waals surface area contributed by atoms with Gasteiger partial charge in [0.1, 0.15) is 12.2 Å². The first-order chi connectivity index (χ1) is 22.0. The fourth-order valence-corrected chi connectivity index (χ4v) is 12.5. The number of rotatable bonds is 5. The lowest BCUT2D eigenvalue weighted by Crippen LogP contribution is -2.72. The van der Waals surface area contributed by atoms with E-state index in [-0.39, 0.29) is 23.8 Å². The molecule has 3 N–H and O–H groups in total. The highest BCUT2D eigenvalue weighted by Gasteiger charge is 2.84. The predicted molar refractivity (Wildman–Crippen MR) is 167 cm³/mol. The average molecular weight is 662 g/mol. The van der Waals surface area contributed by atoms with E-state index in [2.05, 4.69) is 18.7 Å². The second-order valence-corrected chi connectivity index (χ2v) is 17.0. The first kappa shape index (κ1) is 33.7. The molecular formula is C36H55NO10. The molecule has 0 aromatic carbocycles. The minimum Gasteiger partial charge on any atom is -0.462 e. The van der Waals surface area contributed by atoms with Gasteiger partial charge in [-0.25, -0.2) is 0 Å². The Labute approximate surface area is 278 Å². The maximum Gasteiger partial charge on any atom is 0.309 e. The van der Waals surface area contributed by atoms with Gasteiger partial charge in [0.05, 0.1) is 23.2 Å². The summed E-state index contributed by atoms with van der Waals surface area (Å²) in [6.07, 6.45) is 0.551. The molecule has 1 spiro atoms. The molecule has 0 aromatic rings. The summed E-state index contributed by atoms with van der Waals surface area (Å²) in [5.74, 6) is -5.37. The fraction of sp³-hybridized carbons (Fsp3) is 0.917. The zero-order valence-electron chi connectivity index (χ0n) is 29.0. The molecule has 4 aliphatic carbocycles. The standard InChI is InChI=1S/C36H55NO10/c1-8-18(3)32(41)46-31-27-21(22-16-37-15-17(2)9-10-25(37)34(7,42)28(22)30(31)40)14-35-29(27)23(44-19(4)38)13-24-33(35,6)12-11-26(45-20(5)39)36(24,43)47-35/h17-18,21-31,40,42-43H,8-16H2,1-7H3. The molecule has 47 heavy (non-hydrogen) atoms. The van der Waals surface area contributed by atoms with Crippen molar-refractivity contribution in [3.8, 4) is 0 Å². The molecule has 7 aliphatic rings. The number of piperidine rings is 2. The monoisotopic (exact) mass is 661 g/mol. The minimum atomic E-state index is -1.79. The topological polar surface area (TPSA) is 152 Å². The van der Waals surface area contributed by atoms with Crippen LogP contribution in [0.5, 0.6) is 0 Å². The van der Waals surface area contributed by atoms with E-state index in [4.69, 9.17) is 18.9 Å². The van der Waals surface area contributed by atoms with Crippen molar-refractivity contribution in [1.82, 2.24) is 4.90 Å². The van der Waals surface area contributed by atoms with Gasteiger partial charge >= 0.3 is 17.9 Å². The summed E-state index contributed by atoms with van der Waals surface area (Å²) in [6.45, 7) is 14.2. The number of hydrogen-bond donors (Lipinski definition) is 3. The first-order valence-corrected chi connectivity index (χ1v) is 18.1. The summed E-state index contributed by atoms with van der Waals surface area (Å²) in [5, 5.41) is 37.3. The summed E-state index contributed by atoms with van der Waals surface area (Å²) >= 11 is 0. The molecule has 4 bridgehead atoms. The van der Waals surface area contributed by atoms with Crippen molar-refractivity contribution in [3.05, 3.63) is 0 Å². The van der Waals surface area contributed by atoms with E-state index in [1.807, 2.05) is 20.8 Å². The largest absolute Gasteiger partial charge is 0.462 e. The molecule has 17 unspecified atom stereocenters. The number of aliphatic hydroxyl groups excluding tert-OH is 1. The zero-order chi connectivity index (χ0) is 34.0. The number of ether oxygens (including phenoxy) is 4. The molecule has 11 nitrogen and oxygen atoms in total. The molecule has 3 saturated heterocycles. The van der Waals surface area contributed by atoms with E-state index < -0.39 is 88.4 Å². The normalized spacial score (nSPS) is 53.5. The van der Waals surface area contributed by atoms with E-state index in [9.17, 15) is 29.7 Å². The number of hydrogen-bond acceptors (Lipinski definition) is 11. The van der Waals surface area contributed by atoms with Crippen molar-refractivity contribution in [2.75, 3.05) is 13.1 Å². The number of carbonyl (C=O) groups is 3. The van der Waals surface area contributed by atoms with Crippen LogP contribution in [0.3, 0.4) is 0 Å². The van der Waals surface area contributed by atoms with Gasteiger partial charge in [-0.3, -0.25) is 19.3 Å². The smallest absolute Gasteiger partial charge is 0.309 e. The Bertz CT molecular complexity index is 1310. The number of esters is 3. The molecule has 0 amide bonds. The third kappa shape index (κ3) is 4.58. The van der Waals surface area contributed by atoms with E-state index in [1.54, 1.807) is 0 Å². The lowest BCUT2D eigenvalue weighted by atomic mass is 9.49. The van der Waals surface area contributed by atoms with Crippen LogP contribution in [0.1, 0.15) is 93.4 Å². The molecule has 0 aromatic heterocycles. The van der Waals surface area contributed by atoms with Gasteiger partial charge < -0.3 is 34.3 Å². The number of fused-ring (bicyclic) bond motifs is 5. The van der Waals surface area contributed by atoms with E-state index in [1.165, 1.54) is 13.8 Å². The van der Waals surface area contributed by atoms with Gasteiger partial charge in [0, 0.05) is 62.1 Å². The SMILES string of the molecule is CCC(C)C(=O)OC1C(O)C2C(CN3CC(C)CCC3C2(C)O)C2CC34OC5(O)C(OC(C)=O)CCC3(C)C5CC(OC(C)=O)C4C21. The Balaban J connectivity index is 1.38. The van der Waals surface area contributed by atoms with E-state index in [0.717, 1.165) is 19.4 Å². The van der Waals surface area contributed by atoms with Crippen molar-refractivity contribution in [3.63, 3.8) is 0 Å². The van der Waals surface area contributed by atoms with E-state index in [0.29, 0.717) is 44.6 Å². The van der Waals surface area contributed by atoms with Crippen LogP contribution in [0.15, 0.2) is 0 Å². The van der Waals surface area contributed by atoms with Crippen LogP contribution in [0.4, 0.5) is 0 Å². The minimum absolute atomic E-state index is 0.123. The second kappa shape index (κ2) is 11.1. The average Bonchev–Trinajstić information content (AvgIpc) is 3.34. The number of carbonyl (C=O) groups excluding carboxylic acids is 3. The lowest BCUT2D eigenvalue weighted by Gasteiger charge is -2.62. The van der Waals surface area contributed by atoms with Crippen molar-refractivity contribution < 1.29 is 48.7 Å². The van der Waals surface area contributed by atoms with Gasteiger partial charge in [-0.2, -0.15) is 0 Å². The van der Waals surface area contributed by atoms with Crippen LogP contribution in [-0.4, -0.2) is 98.7 Å². The predicted octanol–water partition coefficient (Wildman–Crippen LogP) is 2.81. The quantitative estimate of drug-likeness (QED) is 0.295. The van der Waals surface area contributed by atoms with Crippen LogP contribution in [0.2, 0.25) is 0 Å². The number of aliphatic hydroxyl groups is 3. The maximum atomic E-state index is 13.6. The molecule has 4 saturated carbocycles. The lowest BCUT2D eigenvalue weighted by molar-refractivity contribution is -0.286. The highest BCUT2D eigenvalue weighted by Crippen LogP contribution is 2.76. The molecule has 17 atom stereocenters. The second-order valence-electron chi connectivity index (χ2n) is 17.0. The van der Waals surface area contributed by atoms with E-state index >= 15 is 0 Å². The van der Waals surface area contributed by atoms with Gasteiger partial charge in [-0.05, 0) is 69.6 Å². The summed E-state index contributed by atoms with van der Waals surface area (Å²) in [5.41, 5.74) is -2.82. The molecule has 3 aliphatic heterocycles. The Morgan fingerprint density at radius 1 is 0.979 bits per heavy atom. The zero-order valence-corrected chi connectivity index (χ0v) is 29.0. The summed E-state index contributed by atoms with van der Waals surface area (Å²) in [7, 11) is 0. The van der Waals surface area contributed by atoms with Gasteiger partial charge in [0.2, 0.25) is 5.79 Å². The van der Waals surface area contributed by atoms with Crippen LogP contribution >= 0.6 is 0 Å². The summed E-state index contributed by atoms with van der Waals surface area (Å²) in [6, 6.07) is -0.123. The Morgan fingerprint density at radius 3 is 2.34 bits per heavy atom. The van der Waals surface area contributed by atoms with Gasteiger partial charge in [-0.15, -0.1) is 0 Å². The summed E-state index contributed by atoms with van der Waals surface area (Å²) < 4.78 is 25.2. The molecular weight excluding hydrogens is 606 g/mol. The van der Waals surface area contributed by atoms with Crippen LogP contribution in [0.25, 0.3) is 0 Å². The third-order valence-electron chi connectivity index (χ3n) is 14.5. The van der Waals surface area contributed by atoms with Crippen molar-refractivity contribution >= 4 is 17.9 Å². The summed E-state index contributed by atoms with van der Waals surface area (Å²) in [4.78, 5) is 40.9. The Hall–Kier alpha value is -1.79. The van der Waals surface area contributed by atoms with Gasteiger partial charge in [0.15, 0.2) is 6.10 Å². The van der Waals surface area contributed by atoms with Crippen molar-refractivity contribution in [2.24, 2.45) is 52.8 Å². The van der Waals surface area contributed by atoms with Crippen LogP contribution in [0, 0.1) is 52.8 Å². The third-order valence-corrected chi connectivity index (χ3v) is 14.5. The van der Waals surface area contributed by atoms with Gasteiger partial charge in [0.25, 0.3) is 0 Å². The molecule has 7 rings (SSSR count). The number of nitrogens with zero attached hydrogens (tertiary/aromatic N) is 1. The van der Waals surface area contributed by atoms with Crippen LogP contribution < -0.4 is 0 Å². The maximum absolute atomic E-state index is 13.6. The molecule has 264 valence electrons. The van der Waals surface area contributed by atoms with Crippen molar-refractivity contribution in [1.29, 1.82) is 0 Å². The molecule has 7 fully saturated rings. The van der Waals surface area contributed by atoms with Gasteiger partial charge in [-0.1, -0.05) is 27.7 Å². The molecule has 3 heterocycles. The fourth-order valence-electron chi connectivity index (χ4n) is 12.5. The van der Waals surface area contributed by atoms with Crippen molar-refractivity contribution in [2.45, 2.75) is 141 Å². The Morgan fingerprint density at radius 2 is 1.68 bits per heavy atom. The first-order valence-electron chi connectivity index (χ1n) is 18.1. The molecule has 11 heteroatoms. The van der Waals surface area contributed by atoms with Crippen LogP contribution in [-0.2, 0) is 33.3 Å².